The fraction of sp³-hybridized carbons (Fsp3) is 0.267. The van der Waals surface area contributed by atoms with Gasteiger partial charge in [0.15, 0.2) is 0 Å². The smallest absolute Gasteiger partial charge is 0.356 e. The fourth-order valence-electron chi connectivity index (χ4n) is 1.60. The Morgan fingerprint density at radius 2 is 1.67 bits per heavy atom. The van der Waals surface area contributed by atoms with Gasteiger partial charge in [0.2, 0.25) is 5.91 Å². The minimum absolute atomic E-state index is 0.0825. The van der Waals surface area contributed by atoms with Crippen LogP contribution in [0, 0.1) is 0 Å². The predicted octanol–water partition coefficient (Wildman–Crippen LogP) is 1.35. The predicted molar refractivity (Wildman–Crippen MR) is 77.1 cm³/mol. The van der Waals surface area contributed by atoms with Crippen molar-refractivity contribution >= 4 is 17.8 Å². The van der Waals surface area contributed by atoms with Crippen LogP contribution >= 0.6 is 0 Å². The lowest BCUT2D eigenvalue weighted by Gasteiger charge is -2.13. The number of amides is 2. The molecule has 2 N–H and O–H groups in total. The van der Waals surface area contributed by atoms with E-state index < -0.39 is 11.9 Å². The summed E-state index contributed by atoms with van der Waals surface area (Å²) in [6.45, 7) is 4.64. The second-order valence-electron chi connectivity index (χ2n) is 4.22. The van der Waals surface area contributed by atoms with Crippen LogP contribution in [0.15, 0.2) is 41.7 Å². The van der Waals surface area contributed by atoms with E-state index in [1.54, 1.807) is 37.3 Å². The maximum absolute atomic E-state index is 12.1. The molecule has 0 bridgehead atoms. The second-order valence-corrected chi connectivity index (χ2v) is 4.22. The number of hydrogen-bond donors (Lipinski definition) is 2. The molecule has 0 fully saturated rings. The summed E-state index contributed by atoms with van der Waals surface area (Å²) in [4.78, 5) is 35.1. The van der Waals surface area contributed by atoms with Crippen molar-refractivity contribution in [1.29, 1.82) is 0 Å². The number of carbonyl (C=O) groups excluding carboxylic acids is 3. The number of esters is 1. The molecular weight excluding hydrogens is 272 g/mol. The molecule has 0 aliphatic carbocycles. The molecule has 112 valence electrons. The molecule has 1 rings (SSSR count). The van der Waals surface area contributed by atoms with Crippen molar-refractivity contribution in [2.45, 2.75) is 20.8 Å². The van der Waals surface area contributed by atoms with Gasteiger partial charge in [-0.3, -0.25) is 9.59 Å². The monoisotopic (exact) mass is 290 g/mol. The zero-order valence-electron chi connectivity index (χ0n) is 12.2. The van der Waals surface area contributed by atoms with Crippen molar-refractivity contribution in [2.75, 3.05) is 6.61 Å². The van der Waals surface area contributed by atoms with Crippen molar-refractivity contribution in [3.05, 3.63) is 47.3 Å². The van der Waals surface area contributed by atoms with E-state index in [1.807, 2.05) is 0 Å². The SMILES string of the molecule is CCOC(=O)/C(NC(=O)c1ccccc1)=C(\C)NC(C)=O. The van der Waals surface area contributed by atoms with E-state index >= 15 is 0 Å². The van der Waals surface area contributed by atoms with E-state index in [9.17, 15) is 14.4 Å². The molecule has 0 aromatic heterocycles. The molecule has 1 aromatic carbocycles. The Labute approximate surface area is 123 Å². The standard InChI is InChI=1S/C15H18N2O4/c1-4-21-15(20)13(10(2)16-11(3)18)17-14(19)12-8-6-5-7-9-12/h5-9H,4H2,1-3H3,(H,16,18)(H,17,19)/b13-10-. The first kappa shape index (κ1) is 16.4. The van der Waals surface area contributed by atoms with Crippen LogP contribution in [0.4, 0.5) is 0 Å². The lowest BCUT2D eigenvalue weighted by Crippen LogP contribution is -2.33. The number of nitrogens with one attached hydrogen (secondary N) is 2. The molecule has 0 spiro atoms. The third-order valence-corrected chi connectivity index (χ3v) is 2.49. The summed E-state index contributed by atoms with van der Waals surface area (Å²) in [6, 6.07) is 8.44. The van der Waals surface area contributed by atoms with Crippen molar-refractivity contribution < 1.29 is 19.1 Å². The minimum atomic E-state index is -0.701. The zero-order valence-corrected chi connectivity index (χ0v) is 12.2. The largest absolute Gasteiger partial charge is 0.461 e. The zero-order chi connectivity index (χ0) is 15.8. The summed E-state index contributed by atoms with van der Waals surface area (Å²) in [5.74, 6) is -1.50. The average Bonchev–Trinajstić information content (AvgIpc) is 2.44. The van der Waals surface area contributed by atoms with Gasteiger partial charge in [0, 0.05) is 18.2 Å². The maximum atomic E-state index is 12.1. The minimum Gasteiger partial charge on any atom is -0.461 e. The van der Waals surface area contributed by atoms with Gasteiger partial charge in [0.1, 0.15) is 5.70 Å². The maximum Gasteiger partial charge on any atom is 0.356 e. The number of allylic oxidation sites excluding steroid dienone is 1. The van der Waals surface area contributed by atoms with Crippen LogP contribution < -0.4 is 10.6 Å². The van der Waals surface area contributed by atoms with Crippen LogP contribution in [-0.2, 0) is 14.3 Å². The Morgan fingerprint density at radius 1 is 1.05 bits per heavy atom. The van der Waals surface area contributed by atoms with Gasteiger partial charge >= 0.3 is 5.97 Å². The summed E-state index contributed by atoms with van der Waals surface area (Å²) < 4.78 is 4.88. The number of carbonyl (C=O) groups is 3. The highest BCUT2D eigenvalue weighted by molar-refractivity contribution is 6.01. The second kappa shape index (κ2) is 7.84. The summed E-state index contributed by atoms with van der Waals surface area (Å²) >= 11 is 0. The van der Waals surface area contributed by atoms with Crippen molar-refractivity contribution in [3.63, 3.8) is 0 Å². The Kier molecular flexibility index (Phi) is 6.13. The van der Waals surface area contributed by atoms with Crippen LogP contribution in [0.5, 0.6) is 0 Å². The highest BCUT2D eigenvalue weighted by atomic mass is 16.5. The molecule has 21 heavy (non-hydrogen) atoms. The van der Waals surface area contributed by atoms with E-state index in [-0.39, 0.29) is 23.9 Å². The normalized spacial score (nSPS) is 11.2. The van der Waals surface area contributed by atoms with E-state index in [1.165, 1.54) is 13.8 Å². The molecule has 0 aliphatic heterocycles. The quantitative estimate of drug-likeness (QED) is 0.633. The summed E-state index contributed by atoms with van der Waals surface area (Å²) in [5, 5.41) is 4.94. The summed E-state index contributed by atoms with van der Waals surface area (Å²) in [5.41, 5.74) is 0.543. The lowest BCUT2D eigenvalue weighted by atomic mass is 10.2. The lowest BCUT2D eigenvalue weighted by molar-refractivity contribution is -0.138. The number of rotatable bonds is 5. The molecule has 6 heteroatoms. The molecule has 0 aliphatic rings. The topological polar surface area (TPSA) is 84.5 Å². The molecule has 6 nitrogen and oxygen atoms in total. The number of hydrogen-bond acceptors (Lipinski definition) is 4. The third kappa shape index (κ3) is 5.10. The van der Waals surface area contributed by atoms with Gasteiger partial charge in [-0.1, -0.05) is 18.2 Å². The Bertz CT molecular complexity index is 564. The van der Waals surface area contributed by atoms with Gasteiger partial charge in [-0.2, -0.15) is 0 Å². The van der Waals surface area contributed by atoms with Crippen LogP contribution in [-0.4, -0.2) is 24.4 Å². The molecule has 0 atom stereocenters. The molecule has 2 amide bonds. The van der Waals surface area contributed by atoms with Crippen LogP contribution in [0.1, 0.15) is 31.1 Å². The van der Waals surface area contributed by atoms with Gasteiger partial charge in [0.05, 0.1) is 6.61 Å². The summed E-state index contributed by atoms with van der Waals surface area (Å²) in [6.07, 6.45) is 0. The van der Waals surface area contributed by atoms with Gasteiger partial charge < -0.3 is 15.4 Å². The average molecular weight is 290 g/mol. The molecule has 1 aromatic rings. The van der Waals surface area contributed by atoms with E-state index in [0.29, 0.717) is 5.56 Å². The Hall–Kier alpha value is -2.63. The van der Waals surface area contributed by atoms with Crippen LogP contribution in [0.2, 0.25) is 0 Å². The molecule has 0 radical (unpaired) electrons. The molecule has 0 saturated heterocycles. The molecular formula is C15H18N2O4. The first-order valence-corrected chi connectivity index (χ1v) is 6.47. The van der Waals surface area contributed by atoms with E-state index in [2.05, 4.69) is 10.6 Å². The molecule has 0 heterocycles. The first-order valence-electron chi connectivity index (χ1n) is 6.47. The molecule has 0 unspecified atom stereocenters. The molecule has 0 saturated carbocycles. The highest BCUT2D eigenvalue weighted by Gasteiger charge is 2.18. The number of benzene rings is 1. The van der Waals surface area contributed by atoms with Gasteiger partial charge in [0.25, 0.3) is 5.91 Å². The Morgan fingerprint density at radius 3 is 2.19 bits per heavy atom. The fourth-order valence-corrected chi connectivity index (χ4v) is 1.60. The third-order valence-electron chi connectivity index (χ3n) is 2.49. The van der Waals surface area contributed by atoms with Crippen molar-refractivity contribution in [1.82, 2.24) is 10.6 Å². The Balaban J connectivity index is 3.00. The van der Waals surface area contributed by atoms with Crippen molar-refractivity contribution in [2.24, 2.45) is 0 Å². The van der Waals surface area contributed by atoms with E-state index in [4.69, 9.17) is 4.74 Å². The number of ether oxygens (including phenoxy) is 1. The highest BCUT2D eigenvalue weighted by Crippen LogP contribution is 2.05. The van der Waals surface area contributed by atoms with Crippen LogP contribution in [0.25, 0.3) is 0 Å². The van der Waals surface area contributed by atoms with Gasteiger partial charge in [-0.05, 0) is 26.0 Å². The van der Waals surface area contributed by atoms with Gasteiger partial charge in [-0.25, -0.2) is 4.79 Å². The first-order chi connectivity index (χ1) is 9.95. The summed E-state index contributed by atoms with van der Waals surface area (Å²) in [7, 11) is 0. The van der Waals surface area contributed by atoms with Gasteiger partial charge in [-0.15, -0.1) is 0 Å². The van der Waals surface area contributed by atoms with E-state index in [0.717, 1.165) is 0 Å². The van der Waals surface area contributed by atoms with Crippen LogP contribution in [0.3, 0.4) is 0 Å². The van der Waals surface area contributed by atoms with Crippen molar-refractivity contribution in [3.8, 4) is 0 Å².